The van der Waals surface area contributed by atoms with E-state index in [1.54, 1.807) is 10.8 Å². The molecule has 3 rings (SSSR count). The van der Waals surface area contributed by atoms with Crippen LogP contribution in [-0.2, 0) is 12.8 Å². The summed E-state index contributed by atoms with van der Waals surface area (Å²) in [5, 5.41) is 3.14. The monoisotopic (exact) mass is 358 g/mol. The van der Waals surface area contributed by atoms with Crippen molar-refractivity contribution in [1.82, 2.24) is 0 Å². The van der Waals surface area contributed by atoms with E-state index in [1.165, 1.54) is 41.1 Å². The molecule has 2 radical (unpaired) electrons. The van der Waals surface area contributed by atoms with Gasteiger partial charge >= 0.3 is 0 Å². The van der Waals surface area contributed by atoms with E-state index < -0.39 is 0 Å². The van der Waals surface area contributed by atoms with Gasteiger partial charge in [-0.25, -0.2) is 0 Å². The lowest BCUT2D eigenvalue weighted by Crippen LogP contribution is -2.22. The molecule has 0 heterocycles. The molecule has 0 bridgehead atoms. The maximum atomic E-state index is 2.34. The van der Waals surface area contributed by atoms with E-state index in [-0.39, 0.29) is 0 Å². The predicted molar refractivity (Wildman–Crippen MR) is 115 cm³/mol. The fourth-order valence-corrected chi connectivity index (χ4v) is 5.14. The first kappa shape index (κ1) is 18.9. The first-order valence-corrected chi connectivity index (χ1v) is 11.0. The van der Waals surface area contributed by atoms with Crippen molar-refractivity contribution in [2.75, 3.05) is 0 Å². The van der Waals surface area contributed by atoms with Crippen LogP contribution in [0.3, 0.4) is 0 Å². The molecule has 0 aliphatic heterocycles. The van der Waals surface area contributed by atoms with Crippen molar-refractivity contribution >= 4 is 14.7 Å². The summed E-state index contributed by atoms with van der Waals surface area (Å²) in [6.45, 7) is 6.87. The van der Waals surface area contributed by atoms with Crippen molar-refractivity contribution in [3.8, 4) is 0 Å². The topological polar surface area (TPSA) is 0 Å². The molecule has 0 N–H and O–H groups in total. The Hall–Kier alpha value is -1.86. The van der Waals surface area contributed by atoms with Crippen LogP contribution in [0, 0.1) is 5.92 Å². The zero-order chi connectivity index (χ0) is 18.4. The molecule has 2 aromatic carbocycles. The van der Waals surface area contributed by atoms with Gasteiger partial charge in [-0.3, -0.25) is 0 Å². The predicted octanol–water partition coefficient (Wildman–Crippen LogP) is 5.82. The maximum Gasteiger partial charge on any atom is 0.117 e. The Labute approximate surface area is 161 Å². The summed E-state index contributed by atoms with van der Waals surface area (Å²) in [5.41, 5.74) is 5.92. The van der Waals surface area contributed by atoms with E-state index in [2.05, 4.69) is 81.5 Å². The van der Waals surface area contributed by atoms with Crippen LogP contribution in [0.1, 0.15) is 56.7 Å². The van der Waals surface area contributed by atoms with Gasteiger partial charge < -0.3 is 0 Å². The molecule has 1 aliphatic rings. The number of aryl methyl sites for hydroxylation is 1. The number of rotatable bonds is 8. The van der Waals surface area contributed by atoms with E-state index in [0.717, 1.165) is 22.4 Å². The third kappa shape index (κ3) is 4.85. The van der Waals surface area contributed by atoms with Crippen molar-refractivity contribution < 1.29 is 0 Å². The Kier molecular flexibility index (Phi) is 6.68. The van der Waals surface area contributed by atoms with Gasteiger partial charge in [0.05, 0.1) is 0 Å². The van der Waals surface area contributed by atoms with Crippen molar-refractivity contribution in [3.05, 3.63) is 88.1 Å². The second-order valence-corrected chi connectivity index (χ2v) is 8.97. The molecule has 0 aromatic heterocycles. The lowest BCUT2D eigenvalue weighted by atomic mass is 10.0. The summed E-state index contributed by atoms with van der Waals surface area (Å²) >= 11 is 0. The van der Waals surface area contributed by atoms with E-state index >= 15 is 0 Å². The lowest BCUT2D eigenvalue weighted by molar-refractivity contribution is 0.790. The molecular formula is C25H30Si. The van der Waals surface area contributed by atoms with Crippen LogP contribution in [0.5, 0.6) is 0 Å². The van der Waals surface area contributed by atoms with Gasteiger partial charge in [0.25, 0.3) is 0 Å². The summed E-state index contributed by atoms with van der Waals surface area (Å²) in [6.07, 6.45) is 10.6. The van der Waals surface area contributed by atoms with Crippen molar-refractivity contribution in [2.45, 2.75) is 52.9 Å². The Morgan fingerprint density at radius 1 is 0.962 bits per heavy atom. The van der Waals surface area contributed by atoms with Gasteiger partial charge in [-0.05, 0) is 48.3 Å². The zero-order valence-corrected chi connectivity index (χ0v) is 17.4. The number of hydrogen-bond acceptors (Lipinski definition) is 0. The third-order valence-corrected chi connectivity index (χ3v) is 6.68. The normalized spacial score (nSPS) is 13.8. The summed E-state index contributed by atoms with van der Waals surface area (Å²) in [6, 6.07) is 18.3. The SMILES string of the molecule is CCCCc1ccc(Cc2ccccc2[Si]C2=C(C(C)C)C=CC2)cc1. The number of allylic oxidation sites excluding steroid dienone is 4. The summed E-state index contributed by atoms with van der Waals surface area (Å²) in [5.74, 6) is 0.624. The highest BCUT2D eigenvalue weighted by Crippen LogP contribution is 2.24. The molecule has 134 valence electrons. The standard InChI is InChI=1S/C25H30Si/c1-4-5-9-20-14-16-21(17-15-20)18-22-10-6-7-12-24(22)26-25-13-8-11-23(25)19(2)3/h6-8,10-12,14-17,19H,4-5,9,13,18H2,1-3H3. The fourth-order valence-electron chi connectivity index (χ4n) is 3.57. The van der Waals surface area contributed by atoms with Crippen molar-refractivity contribution in [1.29, 1.82) is 0 Å². The zero-order valence-electron chi connectivity index (χ0n) is 16.4. The summed E-state index contributed by atoms with van der Waals surface area (Å²) < 4.78 is 0. The van der Waals surface area contributed by atoms with Gasteiger partial charge in [-0.2, -0.15) is 0 Å². The Bertz CT molecular complexity index is 778. The maximum absolute atomic E-state index is 2.34. The highest BCUT2D eigenvalue weighted by atomic mass is 28.2. The molecule has 0 nitrogen and oxygen atoms in total. The van der Waals surface area contributed by atoms with Crippen LogP contribution in [0.15, 0.2) is 71.5 Å². The van der Waals surface area contributed by atoms with Crippen LogP contribution in [0.4, 0.5) is 0 Å². The average Bonchev–Trinajstić information content (AvgIpc) is 3.11. The Morgan fingerprint density at radius 3 is 2.42 bits per heavy atom. The molecule has 0 atom stereocenters. The van der Waals surface area contributed by atoms with Crippen molar-refractivity contribution in [3.63, 3.8) is 0 Å². The molecule has 1 aliphatic carbocycles. The van der Waals surface area contributed by atoms with Gasteiger partial charge in [-0.1, -0.05) is 104 Å². The largest absolute Gasteiger partial charge is 0.117 e. The van der Waals surface area contributed by atoms with Crippen molar-refractivity contribution in [2.24, 2.45) is 5.92 Å². The number of hydrogen-bond donors (Lipinski definition) is 0. The van der Waals surface area contributed by atoms with Gasteiger partial charge in [0, 0.05) is 0 Å². The highest BCUT2D eigenvalue weighted by molar-refractivity contribution is 6.62. The van der Waals surface area contributed by atoms with Crippen LogP contribution in [0.25, 0.3) is 0 Å². The van der Waals surface area contributed by atoms with Gasteiger partial charge in [0.1, 0.15) is 9.52 Å². The molecule has 0 unspecified atom stereocenters. The minimum Gasteiger partial charge on any atom is -0.0806 e. The molecule has 26 heavy (non-hydrogen) atoms. The highest BCUT2D eigenvalue weighted by Gasteiger charge is 2.15. The van der Waals surface area contributed by atoms with Crippen LogP contribution in [-0.4, -0.2) is 9.52 Å². The summed E-state index contributed by atoms with van der Waals surface area (Å²) in [7, 11) is 0.796. The summed E-state index contributed by atoms with van der Waals surface area (Å²) in [4.78, 5) is 0. The first-order valence-electron chi connectivity index (χ1n) is 9.99. The minimum absolute atomic E-state index is 0.624. The molecule has 0 saturated carbocycles. The Morgan fingerprint density at radius 2 is 1.69 bits per heavy atom. The van der Waals surface area contributed by atoms with E-state index in [4.69, 9.17) is 0 Å². The first-order chi connectivity index (χ1) is 12.7. The average molecular weight is 359 g/mol. The van der Waals surface area contributed by atoms with Crippen LogP contribution < -0.4 is 5.19 Å². The van der Waals surface area contributed by atoms with Gasteiger partial charge in [0.2, 0.25) is 0 Å². The van der Waals surface area contributed by atoms with E-state index in [1.807, 2.05) is 0 Å². The third-order valence-electron chi connectivity index (χ3n) is 5.13. The smallest absolute Gasteiger partial charge is 0.0806 e. The second kappa shape index (κ2) is 9.18. The van der Waals surface area contributed by atoms with E-state index in [9.17, 15) is 0 Å². The molecule has 0 amide bonds. The number of benzene rings is 2. The lowest BCUT2D eigenvalue weighted by Gasteiger charge is -2.13. The van der Waals surface area contributed by atoms with Crippen LogP contribution in [0.2, 0.25) is 0 Å². The van der Waals surface area contributed by atoms with Crippen LogP contribution >= 0.6 is 0 Å². The molecule has 0 fully saturated rings. The molecule has 2 aromatic rings. The fraction of sp³-hybridized carbons (Fsp3) is 0.360. The minimum atomic E-state index is 0.624. The molecular weight excluding hydrogens is 328 g/mol. The van der Waals surface area contributed by atoms with E-state index in [0.29, 0.717) is 5.92 Å². The van der Waals surface area contributed by atoms with Gasteiger partial charge in [0.15, 0.2) is 0 Å². The second-order valence-electron chi connectivity index (χ2n) is 7.57. The quantitative estimate of drug-likeness (QED) is 0.522. The number of unbranched alkanes of at least 4 members (excludes halogenated alkanes) is 1. The Balaban J connectivity index is 1.74. The van der Waals surface area contributed by atoms with Gasteiger partial charge in [-0.15, -0.1) is 0 Å². The molecule has 0 saturated heterocycles. The molecule has 1 heteroatoms. The molecule has 0 spiro atoms.